The highest BCUT2D eigenvalue weighted by Crippen LogP contribution is 2.30. The molecule has 22 heavy (non-hydrogen) atoms. The van der Waals surface area contributed by atoms with Crippen LogP contribution in [-0.2, 0) is 4.79 Å². The molecular weight excluding hydrogens is 276 g/mol. The number of amides is 1. The quantitative estimate of drug-likeness (QED) is 0.810. The van der Waals surface area contributed by atoms with Crippen molar-refractivity contribution in [3.8, 4) is 0 Å². The molecular formula is C18H18N2O2. The van der Waals surface area contributed by atoms with Crippen molar-refractivity contribution in [2.75, 3.05) is 13.1 Å². The van der Waals surface area contributed by atoms with E-state index < -0.39 is 6.04 Å². The van der Waals surface area contributed by atoms with Gasteiger partial charge in [0, 0.05) is 19.0 Å². The van der Waals surface area contributed by atoms with Crippen LogP contribution in [-0.4, -0.2) is 23.9 Å². The van der Waals surface area contributed by atoms with E-state index in [0.717, 1.165) is 6.42 Å². The van der Waals surface area contributed by atoms with Crippen LogP contribution in [0.25, 0.3) is 0 Å². The first-order valence-corrected chi connectivity index (χ1v) is 7.50. The Kier molecular flexibility index (Phi) is 4.28. The maximum absolute atomic E-state index is 12.6. The second kappa shape index (κ2) is 6.52. The Balaban J connectivity index is 1.72. The highest BCUT2D eigenvalue weighted by Gasteiger charge is 2.32. The monoisotopic (exact) mass is 294 g/mol. The van der Waals surface area contributed by atoms with Crippen molar-refractivity contribution in [3.63, 3.8) is 0 Å². The van der Waals surface area contributed by atoms with Crippen molar-refractivity contribution < 1.29 is 4.79 Å². The summed E-state index contributed by atoms with van der Waals surface area (Å²) in [5.74, 6) is 0.146. The van der Waals surface area contributed by atoms with Gasteiger partial charge in [0.2, 0.25) is 0 Å². The Morgan fingerprint density at radius 1 is 1.05 bits per heavy atom. The zero-order valence-corrected chi connectivity index (χ0v) is 12.3. The van der Waals surface area contributed by atoms with E-state index in [9.17, 15) is 9.70 Å². The average Bonchev–Trinajstić information content (AvgIpc) is 3.07. The number of hydrogen-bond acceptors (Lipinski definition) is 3. The predicted molar refractivity (Wildman–Crippen MR) is 85.4 cm³/mol. The Labute approximate surface area is 129 Å². The van der Waals surface area contributed by atoms with Crippen molar-refractivity contribution in [2.24, 2.45) is 5.18 Å². The summed E-state index contributed by atoms with van der Waals surface area (Å²) in [6, 6.07) is 18.3. The Bertz CT molecular complexity index is 643. The van der Waals surface area contributed by atoms with Gasteiger partial charge in [0.15, 0.2) is 6.04 Å². The molecule has 1 amide bonds. The molecule has 0 N–H and O–H groups in total. The number of nitroso groups, excluding NO2 is 1. The third-order valence-corrected chi connectivity index (χ3v) is 4.23. The van der Waals surface area contributed by atoms with Crippen molar-refractivity contribution >= 4 is 5.91 Å². The molecule has 112 valence electrons. The minimum absolute atomic E-state index is 0.195. The summed E-state index contributed by atoms with van der Waals surface area (Å²) in [7, 11) is 0. The maximum Gasteiger partial charge on any atom is 0.255 e. The van der Waals surface area contributed by atoms with Crippen LogP contribution >= 0.6 is 0 Å². The van der Waals surface area contributed by atoms with Gasteiger partial charge in [-0.3, -0.25) is 4.79 Å². The summed E-state index contributed by atoms with van der Waals surface area (Å²) in [5, 5.41) is 3.06. The van der Waals surface area contributed by atoms with Gasteiger partial charge < -0.3 is 4.90 Å². The summed E-state index contributed by atoms with van der Waals surface area (Å²) in [4.78, 5) is 25.5. The van der Waals surface area contributed by atoms with Crippen LogP contribution in [0.3, 0.4) is 0 Å². The van der Waals surface area contributed by atoms with Crippen molar-refractivity contribution in [1.82, 2.24) is 4.90 Å². The number of carbonyl (C=O) groups excluding carboxylic acids is 1. The molecule has 2 aromatic rings. The molecule has 2 unspecified atom stereocenters. The van der Waals surface area contributed by atoms with E-state index in [0.29, 0.717) is 24.6 Å². The minimum Gasteiger partial charge on any atom is -0.340 e. The van der Waals surface area contributed by atoms with Crippen LogP contribution in [0, 0.1) is 4.91 Å². The molecule has 1 heterocycles. The van der Waals surface area contributed by atoms with Gasteiger partial charge in [-0.25, -0.2) is 0 Å². The van der Waals surface area contributed by atoms with Crippen LogP contribution < -0.4 is 0 Å². The molecule has 1 fully saturated rings. The second-order valence-corrected chi connectivity index (χ2v) is 5.60. The fourth-order valence-electron chi connectivity index (χ4n) is 3.01. The van der Waals surface area contributed by atoms with Crippen molar-refractivity contribution in [1.29, 1.82) is 0 Å². The molecule has 0 saturated carbocycles. The second-order valence-electron chi connectivity index (χ2n) is 5.60. The van der Waals surface area contributed by atoms with E-state index >= 15 is 0 Å². The third-order valence-electron chi connectivity index (χ3n) is 4.23. The number of benzene rings is 2. The third kappa shape index (κ3) is 2.91. The number of likely N-dealkylation sites (tertiary alicyclic amines) is 1. The first kappa shape index (κ1) is 14.4. The predicted octanol–water partition coefficient (Wildman–Crippen LogP) is 3.51. The minimum atomic E-state index is -0.935. The van der Waals surface area contributed by atoms with Gasteiger partial charge in [-0.1, -0.05) is 65.8 Å². The van der Waals surface area contributed by atoms with Crippen molar-refractivity contribution in [3.05, 3.63) is 76.7 Å². The summed E-state index contributed by atoms with van der Waals surface area (Å²) in [6.45, 7) is 1.33. The molecule has 2 aromatic carbocycles. The van der Waals surface area contributed by atoms with Crippen LogP contribution in [0.4, 0.5) is 0 Å². The summed E-state index contributed by atoms with van der Waals surface area (Å²) < 4.78 is 0. The molecule has 4 heteroatoms. The molecule has 2 atom stereocenters. The van der Waals surface area contributed by atoms with E-state index in [2.05, 4.69) is 17.3 Å². The van der Waals surface area contributed by atoms with E-state index in [1.807, 2.05) is 36.4 Å². The fourth-order valence-corrected chi connectivity index (χ4v) is 3.01. The van der Waals surface area contributed by atoms with E-state index in [1.165, 1.54) is 5.56 Å². The topological polar surface area (TPSA) is 49.7 Å². The lowest BCUT2D eigenvalue weighted by molar-refractivity contribution is -0.131. The fraction of sp³-hybridized carbons (Fsp3) is 0.278. The zero-order chi connectivity index (χ0) is 15.4. The van der Waals surface area contributed by atoms with Gasteiger partial charge in [-0.2, -0.15) is 0 Å². The highest BCUT2D eigenvalue weighted by atomic mass is 16.3. The van der Waals surface area contributed by atoms with E-state index in [-0.39, 0.29) is 5.91 Å². The molecule has 1 aliphatic rings. The van der Waals surface area contributed by atoms with E-state index in [1.54, 1.807) is 17.0 Å². The molecule has 1 aliphatic heterocycles. The number of nitrogens with zero attached hydrogens (tertiary/aromatic N) is 2. The first-order chi connectivity index (χ1) is 10.8. The summed E-state index contributed by atoms with van der Waals surface area (Å²) in [5.41, 5.74) is 1.90. The number of carbonyl (C=O) groups is 1. The molecule has 0 radical (unpaired) electrons. The Hall–Kier alpha value is -2.49. The highest BCUT2D eigenvalue weighted by molar-refractivity contribution is 5.83. The molecule has 4 nitrogen and oxygen atoms in total. The SMILES string of the molecule is O=NC(C(=O)N1CCC(c2ccccc2)C1)c1ccccc1. The smallest absolute Gasteiger partial charge is 0.255 e. The lowest BCUT2D eigenvalue weighted by Gasteiger charge is -2.19. The molecule has 0 aliphatic carbocycles. The average molecular weight is 294 g/mol. The largest absolute Gasteiger partial charge is 0.340 e. The molecule has 3 rings (SSSR count). The van der Waals surface area contributed by atoms with Gasteiger partial charge >= 0.3 is 0 Å². The normalized spacial score (nSPS) is 18.9. The Morgan fingerprint density at radius 3 is 2.32 bits per heavy atom. The van der Waals surface area contributed by atoms with Gasteiger partial charge in [0.1, 0.15) is 0 Å². The zero-order valence-electron chi connectivity index (χ0n) is 12.3. The summed E-state index contributed by atoms with van der Waals surface area (Å²) in [6.07, 6.45) is 0.927. The van der Waals surface area contributed by atoms with Crippen LogP contribution in [0.2, 0.25) is 0 Å². The van der Waals surface area contributed by atoms with Gasteiger partial charge in [0.05, 0.1) is 0 Å². The molecule has 0 aromatic heterocycles. The first-order valence-electron chi connectivity index (χ1n) is 7.50. The number of hydrogen-bond donors (Lipinski definition) is 0. The van der Waals surface area contributed by atoms with Crippen LogP contribution in [0.15, 0.2) is 65.8 Å². The van der Waals surface area contributed by atoms with Gasteiger partial charge in [-0.05, 0) is 17.5 Å². The van der Waals surface area contributed by atoms with Crippen LogP contribution in [0.1, 0.15) is 29.5 Å². The lowest BCUT2D eigenvalue weighted by Crippen LogP contribution is -2.32. The molecule has 0 bridgehead atoms. The van der Waals surface area contributed by atoms with Gasteiger partial charge in [0.25, 0.3) is 5.91 Å². The van der Waals surface area contributed by atoms with Gasteiger partial charge in [-0.15, -0.1) is 4.91 Å². The Morgan fingerprint density at radius 2 is 1.68 bits per heavy atom. The van der Waals surface area contributed by atoms with E-state index in [4.69, 9.17) is 0 Å². The molecule has 0 spiro atoms. The maximum atomic E-state index is 12.6. The lowest BCUT2D eigenvalue weighted by atomic mass is 9.99. The van der Waals surface area contributed by atoms with Crippen molar-refractivity contribution in [2.45, 2.75) is 18.4 Å². The van der Waals surface area contributed by atoms with Crippen LogP contribution in [0.5, 0.6) is 0 Å². The molecule has 1 saturated heterocycles. The summed E-state index contributed by atoms with van der Waals surface area (Å²) >= 11 is 0. The standard InChI is InChI=1S/C18H18N2O2/c21-18(17(19-22)15-9-5-2-6-10-15)20-12-11-16(13-20)14-7-3-1-4-8-14/h1-10,16-17H,11-13H2. The number of rotatable bonds is 4.